The molecule has 4 rings (SSSR count). The van der Waals surface area contributed by atoms with E-state index in [0.29, 0.717) is 47.5 Å². The fourth-order valence-electron chi connectivity index (χ4n) is 4.02. The summed E-state index contributed by atoms with van der Waals surface area (Å²) in [5, 5.41) is 9.77. The summed E-state index contributed by atoms with van der Waals surface area (Å²) in [4.78, 5) is 14.0. The zero-order valence-electron chi connectivity index (χ0n) is 18.0. The lowest BCUT2D eigenvalue weighted by molar-refractivity contribution is 0.0699. The molecule has 2 heterocycles. The predicted octanol–water partition coefficient (Wildman–Crippen LogP) is 4.35. The molecule has 0 bridgehead atoms. The van der Waals surface area contributed by atoms with E-state index in [1.54, 1.807) is 12.1 Å². The zero-order chi connectivity index (χ0) is 23.2. The molecule has 32 heavy (non-hydrogen) atoms. The van der Waals surface area contributed by atoms with E-state index >= 15 is 0 Å². The van der Waals surface area contributed by atoms with E-state index in [1.807, 2.05) is 18.7 Å². The quantitative estimate of drug-likeness (QED) is 0.583. The van der Waals surface area contributed by atoms with E-state index in [-0.39, 0.29) is 17.4 Å². The fourth-order valence-corrected chi connectivity index (χ4v) is 5.01. The van der Waals surface area contributed by atoms with Gasteiger partial charge in [0, 0.05) is 36.4 Å². The van der Waals surface area contributed by atoms with Crippen LogP contribution in [0.5, 0.6) is 5.75 Å². The van der Waals surface area contributed by atoms with Crippen LogP contribution >= 0.6 is 0 Å². The zero-order valence-corrected chi connectivity index (χ0v) is 18.8. The molecule has 1 saturated heterocycles. The van der Waals surface area contributed by atoms with Crippen LogP contribution in [0.25, 0.3) is 22.3 Å². The highest BCUT2D eigenvalue weighted by atomic mass is 32.2. The number of carboxylic acid groups (broad SMARTS) is 1. The average Bonchev–Trinajstić information content (AvgIpc) is 3.32. The van der Waals surface area contributed by atoms with Crippen LogP contribution in [0.15, 0.2) is 40.8 Å². The first-order valence-electron chi connectivity index (χ1n) is 10.2. The van der Waals surface area contributed by atoms with E-state index in [1.165, 1.54) is 30.5 Å². The maximum Gasteiger partial charge on any atom is 0.340 e. The molecule has 0 amide bonds. The third-order valence-electron chi connectivity index (χ3n) is 5.54. The van der Waals surface area contributed by atoms with Gasteiger partial charge in [-0.05, 0) is 50.6 Å². The number of halogens is 1. The highest BCUT2D eigenvalue weighted by Gasteiger charge is 2.33. The van der Waals surface area contributed by atoms with Gasteiger partial charge in [-0.3, -0.25) is 0 Å². The number of hydrogen-bond acceptors (Lipinski definition) is 6. The summed E-state index contributed by atoms with van der Waals surface area (Å²) in [5.41, 5.74) is 1.37. The van der Waals surface area contributed by atoms with Crippen LogP contribution in [0.2, 0.25) is 0 Å². The third-order valence-corrected chi connectivity index (χ3v) is 7.14. The number of sulfone groups is 1. The van der Waals surface area contributed by atoms with Gasteiger partial charge < -0.3 is 19.2 Å². The van der Waals surface area contributed by atoms with Crippen molar-refractivity contribution in [1.29, 1.82) is 0 Å². The minimum absolute atomic E-state index is 0.0396. The molecule has 1 aliphatic rings. The second-order valence-electron chi connectivity index (χ2n) is 8.29. The molecule has 3 aromatic rings. The molecule has 0 radical (unpaired) electrons. The number of ether oxygens (including phenoxy) is 1. The van der Waals surface area contributed by atoms with Crippen molar-refractivity contribution in [2.45, 2.75) is 31.6 Å². The maximum atomic E-state index is 13.4. The molecule has 0 saturated carbocycles. The number of rotatable bonds is 6. The Hall–Kier alpha value is -3.07. The molecule has 0 spiro atoms. The van der Waals surface area contributed by atoms with Crippen molar-refractivity contribution in [2.75, 3.05) is 24.2 Å². The number of anilines is 1. The van der Waals surface area contributed by atoms with Crippen molar-refractivity contribution in [3.63, 3.8) is 0 Å². The van der Waals surface area contributed by atoms with E-state index in [2.05, 4.69) is 0 Å². The van der Waals surface area contributed by atoms with Crippen LogP contribution in [0.4, 0.5) is 10.1 Å². The molecule has 1 aromatic heterocycles. The number of benzene rings is 2. The summed E-state index contributed by atoms with van der Waals surface area (Å²) in [6.07, 6.45) is 1.55. The number of carboxylic acids is 1. The lowest BCUT2D eigenvalue weighted by Gasteiger charge is -2.23. The molecule has 1 atom stereocenters. The lowest BCUT2D eigenvalue weighted by atomic mass is 10.0. The topological polar surface area (TPSA) is 97.1 Å². The van der Waals surface area contributed by atoms with Crippen LogP contribution in [0, 0.1) is 5.82 Å². The van der Waals surface area contributed by atoms with E-state index in [9.17, 15) is 22.7 Å². The van der Waals surface area contributed by atoms with Gasteiger partial charge in [-0.25, -0.2) is 17.6 Å². The van der Waals surface area contributed by atoms with Crippen molar-refractivity contribution in [3.8, 4) is 17.1 Å². The van der Waals surface area contributed by atoms with Crippen molar-refractivity contribution in [1.82, 2.24) is 0 Å². The second-order valence-corrected chi connectivity index (χ2v) is 10.6. The third kappa shape index (κ3) is 4.17. The summed E-state index contributed by atoms with van der Waals surface area (Å²) in [7, 11) is -3.19. The molecule has 170 valence electrons. The molecule has 1 aliphatic heterocycles. The van der Waals surface area contributed by atoms with Gasteiger partial charge >= 0.3 is 5.97 Å². The minimum atomic E-state index is -3.19. The standard InChI is InChI=1S/C23H24FNO6S/c1-13(2)30-20-10-17-19(11-18(20)25-9-8-16(12-25)32(3,28)29)31-22(21(17)23(26)27)14-4-6-15(24)7-5-14/h4-7,10-11,13,16H,8-9,12H2,1-3H3,(H,26,27). The molecule has 1 unspecified atom stereocenters. The van der Waals surface area contributed by atoms with Crippen LogP contribution in [0.3, 0.4) is 0 Å². The minimum Gasteiger partial charge on any atom is -0.489 e. The highest BCUT2D eigenvalue weighted by Crippen LogP contribution is 2.42. The van der Waals surface area contributed by atoms with E-state index < -0.39 is 26.9 Å². The number of aromatic carboxylic acids is 1. The van der Waals surface area contributed by atoms with Gasteiger partial charge in [-0.1, -0.05) is 0 Å². The van der Waals surface area contributed by atoms with E-state index in [4.69, 9.17) is 9.15 Å². The van der Waals surface area contributed by atoms with Crippen molar-refractivity contribution >= 4 is 32.5 Å². The summed E-state index contributed by atoms with van der Waals surface area (Å²) < 4.78 is 49.3. The Labute approximate surface area is 185 Å². The molecule has 0 aliphatic carbocycles. The second kappa shape index (κ2) is 8.12. The Kier molecular flexibility index (Phi) is 5.62. The molecule has 2 aromatic carbocycles. The van der Waals surface area contributed by atoms with Gasteiger partial charge in [0.2, 0.25) is 0 Å². The number of furan rings is 1. The first-order chi connectivity index (χ1) is 15.0. The van der Waals surface area contributed by atoms with Gasteiger partial charge in [-0.2, -0.15) is 0 Å². The summed E-state index contributed by atoms with van der Waals surface area (Å²) in [6, 6.07) is 8.71. The Morgan fingerprint density at radius 2 is 1.94 bits per heavy atom. The predicted molar refractivity (Wildman–Crippen MR) is 120 cm³/mol. The molecule has 9 heteroatoms. The van der Waals surface area contributed by atoms with Crippen molar-refractivity contribution < 1.29 is 31.9 Å². The SMILES string of the molecule is CC(C)Oc1cc2c(C(=O)O)c(-c3ccc(F)cc3)oc2cc1N1CCC(S(C)(=O)=O)C1. The number of carbonyl (C=O) groups is 1. The molecular formula is C23H24FNO6S. The lowest BCUT2D eigenvalue weighted by Crippen LogP contribution is -2.26. The molecule has 7 nitrogen and oxygen atoms in total. The normalized spacial score (nSPS) is 16.8. The summed E-state index contributed by atoms with van der Waals surface area (Å²) in [5.74, 6) is -1.04. The molecule has 1 N–H and O–H groups in total. The van der Waals surface area contributed by atoms with Crippen LogP contribution in [-0.4, -0.2) is 50.2 Å². The van der Waals surface area contributed by atoms with Gasteiger partial charge in [0.15, 0.2) is 9.84 Å². The Morgan fingerprint density at radius 3 is 2.50 bits per heavy atom. The Bertz CT molecular complexity index is 1280. The van der Waals surface area contributed by atoms with E-state index in [0.717, 1.165) is 0 Å². The fraction of sp³-hybridized carbons (Fsp3) is 0.348. The van der Waals surface area contributed by atoms with Crippen molar-refractivity contribution in [3.05, 3.63) is 47.8 Å². The molecule has 1 fully saturated rings. The first kappa shape index (κ1) is 22.1. The maximum absolute atomic E-state index is 13.4. The van der Waals surface area contributed by atoms with Crippen LogP contribution < -0.4 is 9.64 Å². The van der Waals surface area contributed by atoms with Gasteiger partial charge in [-0.15, -0.1) is 0 Å². The monoisotopic (exact) mass is 461 g/mol. The molecular weight excluding hydrogens is 437 g/mol. The summed E-state index contributed by atoms with van der Waals surface area (Å²) in [6.45, 7) is 4.55. The van der Waals surface area contributed by atoms with Gasteiger partial charge in [0.25, 0.3) is 0 Å². The number of hydrogen-bond donors (Lipinski definition) is 1. The van der Waals surface area contributed by atoms with Crippen LogP contribution in [-0.2, 0) is 9.84 Å². The first-order valence-corrected chi connectivity index (χ1v) is 12.2. The Morgan fingerprint density at radius 1 is 1.25 bits per heavy atom. The Balaban J connectivity index is 1.88. The van der Waals surface area contributed by atoms with Gasteiger partial charge in [0.1, 0.15) is 28.5 Å². The van der Waals surface area contributed by atoms with Crippen molar-refractivity contribution in [2.24, 2.45) is 0 Å². The highest BCUT2D eigenvalue weighted by molar-refractivity contribution is 7.91. The smallest absolute Gasteiger partial charge is 0.340 e. The summed E-state index contributed by atoms with van der Waals surface area (Å²) >= 11 is 0. The average molecular weight is 462 g/mol. The largest absolute Gasteiger partial charge is 0.489 e. The number of nitrogens with zero attached hydrogens (tertiary/aromatic N) is 1. The van der Waals surface area contributed by atoms with Gasteiger partial charge in [0.05, 0.1) is 17.0 Å². The number of fused-ring (bicyclic) bond motifs is 1. The van der Waals surface area contributed by atoms with Crippen LogP contribution in [0.1, 0.15) is 30.6 Å².